The summed E-state index contributed by atoms with van der Waals surface area (Å²) in [4.78, 5) is 57.8. The Labute approximate surface area is 138 Å². The number of aromatic nitrogens is 2. The number of carbonyl (C=O) groups excluding carboxylic acids is 3. The molecule has 3 heterocycles. The van der Waals surface area contributed by atoms with E-state index in [1.54, 1.807) is 6.92 Å². The van der Waals surface area contributed by atoms with Crippen molar-refractivity contribution in [2.75, 3.05) is 6.54 Å². The molecule has 1 aromatic heterocycles. The van der Waals surface area contributed by atoms with Crippen LogP contribution in [0.3, 0.4) is 0 Å². The molecule has 9 nitrogen and oxygen atoms in total. The third-order valence-corrected chi connectivity index (χ3v) is 4.19. The molecule has 1 aromatic rings. The van der Waals surface area contributed by atoms with Crippen LogP contribution in [0.25, 0.3) is 0 Å². The lowest BCUT2D eigenvalue weighted by atomic mass is 10.2. The van der Waals surface area contributed by atoms with Crippen LogP contribution in [0, 0.1) is 6.92 Å². The van der Waals surface area contributed by atoms with Gasteiger partial charge in [-0.1, -0.05) is 6.92 Å². The third-order valence-electron chi connectivity index (χ3n) is 4.19. The van der Waals surface area contributed by atoms with E-state index in [4.69, 9.17) is 0 Å². The largest absolute Gasteiger partial charge is 0.332 e. The molecule has 0 bridgehead atoms. The van der Waals surface area contributed by atoms with E-state index in [-0.39, 0.29) is 36.9 Å². The monoisotopic (exact) mass is 333 g/mol. The fourth-order valence-electron chi connectivity index (χ4n) is 3.02. The topological polar surface area (TPSA) is 115 Å². The van der Waals surface area contributed by atoms with E-state index in [0.717, 1.165) is 4.90 Å². The fourth-order valence-corrected chi connectivity index (χ4v) is 3.02. The number of H-pyrrole nitrogens is 1. The molecule has 128 valence electrons. The quantitative estimate of drug-likeness (QED) is 0.730. The highest BCUT2D eigenvalue weighted by Crippen LogP contribution is 2.20. The molecule has 4 amide bonds. The Balaban J connectivity index is 1.67. The summed E-state index contributed by atoms with van der Waals surface area (Å²) in [5, 5.41) is 2.54. The first-order chi connectivity index (χ1) is 11.4. The predicted molar refractivity (Wildman–Crippen MR) is 82.8 cm³/mol. The maximum absolute atomic E-state index is 12.4. The number of hydrogen-bond acceptors (Lipinski definition) is 5. The number of rotatable bonds is 4. The summed E-state index contributed by atoms with van der Waals surface area (Å²) in [6.45, 7) is 4.30. The van der Waals surface area contributed by atoms with E-state index in [1.807, 2.05) is 6.92 Å². The first-order valence-corrected chi connectivity index (χ1v) is 7.89. The van der Waals surface area contributed by atoms with Gasteiger partial charge >= 0.3 is 6.03 Å². The molecule has 2 aliphatic heterocycles. The Morgan fingerprint density at radius 3 is 2.75 bits per heavy atom. The van der Waals surface area contributed by atoms with Gasteiger partial charge in [0.15, 0.2) is 0 Å². The van der Waals surface area contributed by atoms with Crippen molar-refractivity contribution in [3.8, 4) is 0 Å². The van der Waals surface area contributed by atoms with Gasteiger partial charge in [0.2, 0.25) is 5.91 Å². The van der Waals surface area contributed by atoms with Crippen molar-refractivity contribution < 1.29 is 14.4 Å². The number of amides is 4. The second kappa shape index (κ2) is 6.06. The first-order valence-electron chi connectivity index (χ1n) is 7.89. The molecule has 0 radical (unpaired) electrons. The van der Waals surface area contributed by atoms with E-state index in [2.05, 4.69) is 15.3 Å². The van der Waals surface area contributed by atoms with Gasteiger partial charge in [-0.15, -0.1) is 0 Å². The maximum Gasteiger partial charge on any atom is 0.324 e. The molecule has 2 aliphatic rings. The summed E-state index contributed by atoms with van der Waals surface area (Å²) in [5.74, 6) is -0.165. The number of nitrogens with zero attached hydrogens (tertiary/aromatic N) is 3. The molecule has 3 rings (SSSR count). The Morgan fingerprint density at radius 2 is 2.04 bits per heavy atom. The smallest absolute Gasteiger partial charge is 0.324 e. The van der Waals surface area contributed by atoms with Gasteiger partial charge in [-0.05, 0) is 13.3 Å². The van der Waals surface area contributed by atoms with Gasteiger partial charge < -0.3 is 15.2 Å². The van der Waals surface area contributed by atoms with Crippen LogP contribution < -0.4 is 10.9 Å². The van der Waals surface area contributed by atoms with Gasteiger partial charge in [0.25, 0.3) is 11.5 Å². The van der Waals surface area contributed by atoms with Crippen LogP contribution in [0.1, 0.15) is 36.8 Å². The summed E-state index contributed by atoms with van der Waals surface area (Å²) >= 11 is 0. The van der Waals surface area contributed by atoms with Crippen molar-refractivity contribution in [3.63, 3.8) is 0 Å². The summed E-state index contributed by atoms with van der Waals surface area (Å²) in [7, 11) is 0. The SMILES string of the molecule is CCCN1C(=O)NC(CC(=O)N2Cc3nc(C)[nH]c(=O)c3C2)C1=O. The van der Waals surface area contributed by atoms with Gasteiger partial charge in [-0.3, -0.25) is 19.3 Å². The zero-order valence-electron chi connectivity index (χ0n) is 13.6. The lowest BCUT2D eigenvalue weighted by Gasteiger charge is -2.17. The van der Waals surface area contributed by atoms with Gasteiger partial charge in [0.05, 0.1) is 30.8 Å². The normalized spacial score (nSPS) is 19.7. The molecule has 0 spiro atoms. The molecule has 9 heteroatoms. The van der Waals surface area contributed by atoms with Crippen LogP contribution >= 0.6 is 0 Å². The summed E-state index contributed by atoms with van der Waals surface area (Å²) in [6, 6.07) is -1.30. The predicted octanol–water partition coefficient (Wildman–Crippen LogP) is -0.359. The van der Waals surface area contributed by atoms with E-state index >= 15 is 0 Å². The fraction of sp³-hybridized carbons (Fsp3) is 0.533. The number of carbonyl (C=O) groups is 3. The van der Waals surface area contributed by atoms with Crippen molar-refractivity contribution in [1.29, 1.82) is 0 Å². The van der Waals surface area contributed by atoms with Gasteiger partial charge in [0.1, 0.15) is 11.9 Å². The van der Waals surface area contributed by atoms with Crippen LogP contribution in [0.5, 0.6) is 0 Å². The number of aromatic amines is 1. The number of urea groups is 1. The molecule has 0 aromatic carbocycles. The average molecular weight is 333 g/mol. The third kappa shape index (κ3) is 2.77. The number of fused-ring (bicyclic) bond motifs is 1. The minimum Gasteiger partial charge on any atom is -0.332 e. The molecule has 2 N–H and O–H groups in total. The average Bonchev–Trinajstić information content (AvgIpc) is 3.05. The number of aryl methyl sites for hydroxylation is 1. The zero-order valence-corrected chi connectivity index (χ0v) is 13.6. The molecule has 0 aliphatic carbocycles. The number of nitrogens with one attached hydrogen (secondary N) is 2. The van der Waals surface area contributed by atoms with Crippen molar-refractivity contribution in [3.05, 3.63) is 27.4 Å². The summed E-state index contributed by atoms with van der Waals surface area (Å²) < 4.78 is 0. The molecule has 1 saturated heterocycles. The zero-order chi connectivity index (χ0) is 17.4. The number of imide groups is 1. The Bertz CT molecular complexity index is 772. The van der Waals surface area contributed by atoms with Crippen LogP contribution in [0.2, 0.25) is 0 Å². The molecule has 24 heavy (non-hydrogen) atoms. The first kappa shape index (κ1) is 16.2. The number of hydrogen-bond donors (Lipinski definition) is 2. The van der Waals surface area contributed by atoms with E-state index in [9.17, 15) is 19.2 Å². The summed E-state index contributed by atoms with van der Waals surface area (Å²) in [5.41, 5.74) is 0.814. The minimum atomic E-state index is -0.840. The van der Waals surface area contributed by atoms with Crippen molar-refractivity contribution in [2.24, 2.45) is 0 Å². The summed E-state index contributed by atoms with van der Waals surface area (Å²) in [6.07, 6.45) is 0.546. The standard InChI is InChI=1S/C15H19N5O4/c1-3-4-20-14(23)10(18-15(20)24)5-12(21)19-6-9-11(7-19)16-8(2)17-13(9)22/h10H,3-7H2,1-2H3,(H,18,24)(H,16,17,22). The molecular formula is C15H19N5O4. The highest BCUT2D eigenvalue weighted by molar-refractivity contribution is 6.05. The van der Waals surface area contributed by atoms with Gasteiger partial charge in [-0.25, -0.2) is 9.78 Å². The van der Waals surface area contributed by atoms with Crippen molar-refractivity contribution >= 4 is 17.8 Å². The molecule has 1 fully saturated rings. The van der Waals surface area contributed by atoms with Crippen LogP contribution in [0.4, 0.5) is 4.79 Å². The van der Waals surface area contributed by atoms with E-state index in [1.165, 1.54) is 4.90 Å². The second-order valence-corrected chi connectivity index (χ2v) is 6.02. The lowest BCUT2D eigenvalue weighted by Crippen LogP contribution is -2.37. The van der Waals surface area contributed by atoms with E-state index in [0.29, 0.717) is 30.0 Å². The van der Waals surface area contributed by atoms with Crippen LogP contribution in [-0.2, 0) is 22.7 Å². The molecule has 1 atom stereocenters. The van der Waals surface area contributed by atoms with Crippen molar-refractivity contribution in [2.45, 2.75) is 45.8 Å². The van der Waals surface area contributed by atoms with E-state index < -0.39 is 12.1 Å². The minimum absolute atomic E-state index is 0.115. The Kier molecular flexibility index (Phi) is 4.08. The van der Waals surface area contributed by atoms with Crippen LogP contribution in [0.15, 0.2) is 4.79 Å². The second-order valence-electron chi connectivity index (χ2n) is 6.02. The molecular weight excluding hydrogens is 314 g/mol. The van der Waals surface area contributed by atoms with Gasteiger partial charge in [0, 0.05) is 6.54 Å². The molecule has 0 saturated carbocycles. The Morgan fingerprint density at radius 1 is 1.29 bits per heavy atom. The van der Waals surface area contributed by atoms with Gasteiger partial charge in [-0.2, -0.15) is 0 Å². The highest BCUT2D eigenvalue weighted by Gasteiger charge is 2.40. The lowest BCUT2D eigenvalue weighted by molar-refractivity contribution is -0.136. The highest BCUT2D eigenvalue weighted by atomic mass is 16.2. The Hall–Kier alpha value is -2.71. The molecule has 1 unspecified atom stereocenters. The van der Waals surface area contributed by atoms with Crippen LogP contribution in [-0.4, -0.2) is 50.2 Å². The maximum atomic E-state index is 12.4. The van der Waals surface area contributed by atoms with Crippen molar-refractivity contribution in [1.82, 2.24) is 25.1 Å².